The van der Waals surface area contributed by atoms with E-state index in [9.17, 15) is 0 Å². The zero-order valence-corrected chi connectivity index (χ0v) is 6.02. The maximum atomic E-state index is 8.78. The summed E-state index contributed by atoms with van der Waals surface area (Å²) >= 11 is 0. The van der Waals surface area contributed by atoms with Gasteiger partial charge < -0.3 is 10.1 Å². The molecule has 0 spiro atoms. The van der Waals surface area contributed by atoms with Gasteiger partial charge in [-0.3, -0.25) is 0 Å². The molecule has 0 unspecified atom stereocenters. The molecular weight excluding hydrogens is 126 g/mol. The van der Waals surface area contributed by atoms with Crippen molar-refractivity contribution in [2.75, 3.05) is 0 Å². The fourth-order valence-electron chi connectivity index (χ4n) is 0.935. The molecule has 1 heterocycles. The first kappa shape index (κ1) is 7.09. The second-order valence-corrected chi connectivity index (χ2v) is 2.31. The Hall–Kier alpha value is -1.02. The van der Waals surface area contributed by atoms with E-state index in [2.05, 4.69) is 11.6 Å². The number of hydrogen-bond acceptors (Lipinski definition) is 1. The molecular formula is C8H11NO. The summed E-state index contributed by atoms with van der Waals surface area (Å²) in [5.41, 5.74) is 2.83. The van der Waals surface area contributed by atoms with Crippen LogP contribution in [0.15, 0.2) is 18.8 Å². The van der Waals surface area contributed by atoms with Gasteiger partial charge in [0.05, 0.1) is 6.61 Å². The lowest BCUT2D eigenvalue weighted by atomic mass is 10.1. The minimum Gasteiger partial charge on any atom is -0.390 e. The van der Waals surface area contributed by atoms with E-state index in [1.54, 1.807) is 6.20 Å². The summed E-state index contributed by atoms with van der Waals surface area (Å²) in [6.07, 6.45) is 1.80. The van der Waals surface area contributed by atoms with Crippen molar-refractivity contribution >= 4 is 5.57 Å². The third-order valence-electron chi connectivity index (χ3n) is 1.45. The average molecular weight is 137 g/mol. The molecule has 0 aliphatic heterocycles. The summed E-state index contributed by atoms with van der Waals surface area (Å²) in [5.74, 6) is 0. The third kappa shape index (κ3) is 1.11. The fourth-order valence-corrected chi connectivity index (χ4v) is 0.935. The van der Waals surface area contributed by atoms with Crippen molar-refractivity contribution in [3.63, 3.8) is 0 Å². The standard InChI is InChI=1S/C8H11NO/c1-6(2)7-3-4-9-8(7)5-10/h3-4,9-10H,1,5H2,2H3. The van der Waals surface area contributed by atoms with Gasteiger partial charge >= 0.3 is 0 Å². The molecule has 10 heavy (non-hydrogen) atoms. The van der Waals surface area contributed by atoms with E-state index in [1.807, 2.05) is 13.0 Å². The number of aliphatic hydroxyl groups excluding tert-OH is 1. The van der Waals surface area contributed by atoms with Crippen molar-refractivity contribution in [2.24, 2.45) is 0 Å². The Morgan fingerprint density at radius 2 is 2.50 bits per heavy atom. The van der Waals surface area contributed by atoms with Crippen LogP contribution in [0.4, 0.5) is 0 Å². The van der Waals surface area contributed by atoms with Crippen LogP contribution >= 0.6 is 0 Å². The van der Waals surface area contributed by atoms with Crippen LogP contribution in [0, 0.1) is 0 Å². The topological polar surface area (TPSA) is 36.0 Å². The summed E-state index contributed by atoms with van der Waals surface area (Å²) < 4.78 is 0. The number of aromatic amines is 1. The van der Waals surface area contributed by atoms with Gasteiger partial charge in [0.15, 0.2) is 0 Å². The van der Waals surface area contributed by atoms with E-state index in [1.165, 1.54) is 0 Å². The molecule has 0 amide bonds. The molecule has 0 aromatic carbocycles. The van der Waals surface area contributed by atoms with Crippen LogP contribution in [0.5, 0.6) is 0 Å². The Kier molecular flexibility index (Phi) is 1.92. The van der Waals surface area contributed by atoms with E-state index < -0.39 is 0 Å². The average Bonchev–Trinajstić information content (AvgIpc) is 2.33. The largest absolute Gasteiger partial charge is 0.390 e. The van der Waals surface area contributed by atoms with E-state index in [4.69, 9.17) is 5.11 Å². The summed E-state index contributed by atoms with van der Waals surface area (Å²) in [7, 11) is 0. The van der Waals surface area contributed by atoms with Crippen molar-refractivity contribution in [2.45, 2.75) is 13.5 Å². The first-order valence-corrected chi connectivity index (χ1v) is 3.18. The molecule has 0 radical (unpaired) electrons. The Morgan fingerprint density at radius 3 is 2.90 bits per heavy atom. The minimum absolute atomic E-state index is 0.0508. The van der Waals surface area contributed by atoms with Crippen LogP contribution in [-0.2, 0) is 6.61 Å². The normalized spacial score (nSPS) is 9.80. The third-order valence-corrected chi connectivity index (χ3v) is 1.45. The van der Waals surface area contributed by atoms with E-state index >= 15 is 0 Å². The Balaban J connectivity index is 3.01. The monoisotopic (exact) mass is 137 g/mol. The second-order valence-electron chi connectivity index (χ2n) is 2.31. The summed E-state index contributed by atoms with van der Waals surface area (Å²) in [6, 6.07) is 1.91. The predicted molar refractivity (Wildman–Crippen MR) is 41.4 cm³/mol. The summed E-state index contributed by atoms with van der Waals surface area (Å²) in [4.78, 5) is 2.93. The van der Waals surface area contributed by atoms with Crippen molar-refractivity contribution in [1.82, 2.24) is 4.98 Å². The van der Waals surface area contributed by atoms with Gasteiger partial charge in [0.1, 0.15) is 0 Å². The molecule has 54 valence electrons. The molecule has 2 nitrogen and oxygen atoms in total. The predicted octanol–water partition coefficient (Wildman–Crippen LogP) is 1.54. The molecule has 0 saturated carbocycles. The van der Waals surface area contributed by atoms with Gasteiger partial charge in [0.2, 0.25) is 0 Å². The maximum absolute atomic E-state index is 8.78. The van der Waals surface area contributed by atoms with Gasteiger partial charge in [-0.25, -0.2) is 0 Å². The SMILES string of the molecule is C=C(C)c1cc[nH]c1CO. The van der Waals surface area contributed by atoms with Crippen molar-refractivity contribution in [3.05, 3.63) is 30.1 Å². The van der Waals surface area contributed by atoms with Crippen LogP contribution in [-0.4, -0.2) is 10.1 Å². The number of H-pyrrole nitrogens is 1. The first-order valence-electron chi connectivity index (χ1n) is 3.18. The van der Waals surface area contributed by atoms with Gasteiger partial charge in [-0.05, 0) is 24.1 Å². The Labute approximate surface area is 60.2 Å². The number of rotatable bonds is 2. The van der Waals surface area contributed by atoms with Crippen LogP contribution < -0.4 is 0 Å². The molecule has 0 fully saturated rings. The van der Waals surface area contributed by atoms with Gasteiger partial charge in [-0.15, -0.1) is 0 Å². The van der Waals surface area contributed by atoms with E-state index in [-0.39, 0.29) is 6.61 Å². The molecule has 0 saturated heterocycles. The maximum Gasteiger partial charge on any atom is 0.0837 e. The zero-order valence-electron chi connectivity index (χ0n) is 6.02. The number of aromatic nitrogens is 1. The number of allylic oxidation sites excluding steroid dienone is 1. The minimum atomic E-state index is 0.0508. The quantitative estimate of drug-likeness (QED) is 0.637. The van der Waals surface area contributed by atoms with Crippen LogP contribution in [0.1, 0.15) is 18.2 Å². The highest BCUT2D eigenvalue weighted by Gasteiger charge is 2.00. The smallest absolute Gasteiger partial charge is 0.0837 e. The Morgan fingerprint density at radius 1 is 1.80 bits per heavy atom. The molecule has 2 heteroatoms. The van der Waals surface area contributed by atoms with E-state index in [0.29, 0.717) is 0 Å². The molecule has 2 N–H and O–H groups in total. The molecule has 1 aromatic heterocycles. The van der Waals surface area contributed by atoms with E-state index in [0.717, 1.165) is 16.8 Å². The number of aliphatic hydroxyl groups is 1. The van der Waals surface area contributed by atoms with Crippen molar-refractivity contribution in [3.8, 4) is 0 Å². The van der Waals surface area contributed by atoms with Crippen LogP contribution in [0.2, 0.25) is 0 Å². The zero-order chi connectivity index (χ0) is 7.56. The van der Waals surface area contributed by atoms with Gasteiger partial charge in [0.25, 0.3) is 0 Å². The van der Waals surface area contributed by atoms with Crippen molar-refractivity contribution in [1.29, 1.82) is 0 Å². The molecule has 0 aliphatic carbocycles. The molecule has 1 aromatic rings. The lowest BCUT2D eigenvalue weighted by molar-refractivity contribution is 0.277. The van der Waals surface area contributed by atoms with Gasteiger partial charge in [-0.2, -0.15) is 0 Å². The first-order chi connectivity index (χ1) is 4.75. The number of hydrogen-bond donors (Lipinski definition) is 2. The van der Waals surface area contributed by atoms with Crippen molar-refractivity contribution < 1.29 is 5.11 Å². The summed E-state index contributed by atoms with van der Waals surface area (Å²) in [5, 5.41) is 8.78. The summed E-state index contributed by atoms with van der Waals surface area (Å²) in [6.45, 7) is 5.74. The molecule has 1 rings (SSSR count). The second kappa shape index (κ2) is 2.71. The molecule has 0 bridgehead atoms. The highest BCUT2D eigenvalue weighted by Crippen LogP contribution is 2.15. The van der Waals surface area contributed by atoms with Gasteiger partial charge in [-0.1, -0.05) is 6.58 Å². The Bertz CT molecular complexity index is 237. The number of nitrogens with one attached hydrogen (secondary N) is 1. The lowest BCUT2D eigenvalue weighted by Crippen LogP contribution is -1.86. The van der Waals surface area contributed by atoms with Gasteiger partial charge in [0, 0.05) is 11.9 Å². The highest BCUT2D eigenvalue weighted by molar-refractivity contribution is 5.63. The highest BCUT2D eigenvalue weighted by atomic mass is 16.3. The lowest BCUT2D eigenvalue weighted by Gasteiger charge is -1.97. The fraction of sp³-hybridized carbons (Fsp3) is 0.250. The van der Waals surface area contributed by atoms with Crippen LogP contribution in [0.25, 0.3) is 5.57 Å². The van der Waals surface area contributed by atoms with Crippen LogP contribution in [0.3, 0.4) is 0 Å². The molecule has 0 atom stereocenters. The molecule has 0 aliphatic rings.